The summed E-state index contributed by atoms with van der Waals surface area (Å²) in [6.45, 7) is 3.36. The molecule has 0 aromatic heterocycles. The van der Waals surface area contributed by atoms with Gasteiger partial charge in [-0.3, -0.25) is 4.79 Å². The lowest BCUT2D eigenvalue weighted by atomic mass is 9.78. The summed E-state index contributed by atoms with van der Waals surface area (Å²) < 4.78 is 0. The number of nitrogens with one attached hydrogen (secondary N) is 1. The smallest absolute Gasteiger partial charge is 0.308 e. The van der Waals surface area contributed by atoms with Crippen LogP contribution in [0.3, 0.4) is 0 Å². The van der Waals surface area contributed by atoms with E-state index in [9.17, 15) is 4.79 Å². The number of hydrogen-bond acceptors (Lipinski definition) is 2. The Kier molecular flexibility index (Phi) is 3.85. The Labute approximate surface area is 97.6 Å². The first kappa shape index (κ1) is 11.9. The van der Waals surface area contributed by atoms with Gasteiger partial charge in [0.15, 0.2) is 0 Å². The van der Waals surface area contributed by atoms with Crippen LogP contribution in [0.25, 0.3) is 0 Å². The summed E-state index contributed by atoms with van der Waals surface area (Å²) in [4.78, 5) is 10.8. The van der Waals surface area contributed by atoms with Crippen molar-refractivity contribution in [3.05, 3.63) is 0 Å². The van der Waals surface area contributed by atoms with Crippen LogP contribution in [0.4, 0.5) is 0 Å². The molecule has 2 N–H and O–H groups in total. The Bertz CT molecular complexity index is 246. The van der Waals surface area contributed by atoms with Gasteiger partial charge in [-0.05, 0) is 44.1 Å². The van der Waals surface area contributed by atoms with Gasteiger partial charge in [0.1, 0.15) is 0 Å². The number of carboxylic acids is 1. The quantitative estimate of drug-likeness (QED) is 0.771. The van der Waals surface area contributed by atoms with E-state index >= 15 is 0 Å². The second kappa shape index (κ2) is 5.17. The normalized spacial score (nSPS) is 39.1. The first-order valence-electron chi connectivity index (χ1n) is 6.63. The van der Waals surface area contributed by atoms with Crippen LogP contribution in [0.2, 0.25) is 0 Å². The molecule has 2 unspecified atom stereocenters. The molecule has 2 aliphatic rings. The van der Waals surface area contributed by atoms with Crippen molar-refractivity contribution in [3.63, 3.8) is 0 Å². The molecule has 0 aromatic carbocycles. The molecule has 0 heterocycles. The standard InChI is InChI=1S/C13H23NO2/c1-9-2-4-10(5-3-9)8-14-12-7-6-11(12)13(15)16/h9-12,14H,2-8H2,1H3,(H,15,16). The second-order valence-electron chi connectivity index (χ2n) is 5.66. The summed E-state index contributed by atoms with van der Waals surface area (Å²) in [5, 5.41) is 12.4. The molecule has 2 rings (SSSR count). The minimum atomic E-state index is -0.624. The second-order valence-corrected chi connectivity index (χ2v) is 5.66. The molecule has 0 aromatic rings. The number of carboxylic acid groups (broad SMARTS) is 1. The average molecular weight is 225 g/mol. The van der Waals surface area contributed by atoms with Gasteiger partial charge in [0.25, 0.3) is 0 Å². The van der Waals surface area contributed by atoms with Crippen LogP contribution in [-0.2, 0) is 4.79 Å². The molecular formula is C13H23NO2. The summed E-state index contributed by atoms with van der Waals surface area (Å²) in [5.74, 6) is 0.932. The van der Waals surface area contributed by atoms with Gasteiger partial charge in [-0.15, -0.1) is 0 Å². The Morgan fingerprint density at radius 2 is 1.88 bits per heavy atom. The molecule has 2 fully saturated rings. The first-order chi connectivity index (χ1) is 7.66. The SMILES string of the molecule is CC1CCC(CNC2CCC2C(=O)O)CC1. The predicted molar refractivity (Wildman–Crippen MR) is 63.3 cm³/mol. The molecule has 0 saturated heterocycles. The maximum atomic E-state index is 10.8. The Balaban J connectivity index is 1.66. The van der Waals surface area contributed by atoms with Crippen LogP contribution in [0.5, 0.6) is 0 Å². The van der Waals surface area contributed by atoms with Crippen LogP contribution in [-0.4, -0.2) is 23.7 Å². The van der Waals surface area contributed by atoms with Crippen molar-refractivity contribution in [2.75, 3.05) is 6.54 Å². The largest absolute Gasteiger partial charge is 0.481 e. The van der Waals surface area contributed by atoms with E-state index in [0.717, 1.165) is 31.2 Å². The highest BCUT2D eigenvalue weighted by atomic mass is 16.4. The molecule has 2 saturated carbocycles. The van der Waals surface area contributed by atoms with Crippen LogP contribution in [0.1, 0.15) is 45.4 Å². The number of carbonyl (C=O) groups is 1. The van der Waals surface area contributed by atoms with Crippen molar-refractivity contribution >= 4 is 5.97 Å². The fourth-order valence-corrected chi connectivity index (χ4v) is 2.89. The van der Waals surface area contributed by atoms with Gasteiger partial charge in [0.2, 0.25) is 0 Å². The van der Waals surface area contributed by atoms with Gasteiger partial charge < -0.3 is 10.4 Å². The molecule has 3 heteroatoms. The van der Waals surface area contributed by atoms with Gasteiger partial charge in [0, 0.05) is 6.04 Å². The van der Waals surface area contributed by atoms with Crippen molar-refractivity contribution in [2.24, 2.45) is 17.8 Å². The zero-order chi connectivity index (χ0) is 11.5. The molecule has 2 aliphatic carbocycles. The topological polar surface area (TPSA) is 49.3 Å². The minimum Gasteiger partial charge on any atom is -0.481 e. The van der Waals surface area contributed by atoms with Crippen LogP contribution in [0, 0.1) is 17.8 Å². The first-order valence-corrected chi connectivity index (χ1v) is 6.63. The molecule has 0 radical (unpaired) electrons. The van der Waals surface area contributed by atoms with E-state index in [-0.39, 0.29) is 12.0 Å². The van der Waals surface area contributed by atoms with Crippen molar-refractivity contribution in [2.45, 2.75) is 51.5 Å². The minimum absolute atomic E-state index is 0.123. The lowest BCUT2D eigenvalue weighted by Gasteiger charge is -2.36. The number of rotatable bonds is 4. The highest BCUT2D eigenvalue weighted by Crippen LogP contribution is 2.30. The predicted octanol–water partition coefficient (Wildman–Crippen LogP) is 2.27. The molecule has 0 spiro atoms. The summed E-state index contributed by atoms with van der Waals surface area (Å²) in [7, 11) is 0. The summed E-state index contributed by atoms with van der Waals surface area (Å²) >= 11 is 0. The third-order valence-electron chi connectivity index (χ3n) is 4.40. The fraction of sp³-hybridized carbons (Fsp3) is 0.923. The maximum Gasteiger partial charge on any atom is 0.308 e. The van der Waals surface area contributed by atoms with Crippen molar-refractivity contribution in [1.29, 1.82) is 0 Å². The van der Waals surface area contributed by atoms with Crippen LogP contribution >= 0.6 is 0 Å². The summed E-state index contributed by atoms with van der Waals surface area (Å²) in [5.41, 5.74) is 0. The molecule has 16 heavy (non-hydrogen) atoms. The van der Waals surface area contributed by atoms with Crippen LogP contribution in [0.15, 0.2) is 0 Å². The van der Waals surface area contributed by atoms with E-state index in [1.807, 2.05) is 0 Å². The Hall–Kier alpha value is -0.570. The Morgan fingerprint density at radius 3 is 2.38 bits per heavy atom. The molecule has 3 nitrogen and oxygen atoms in total. The molecule has 0 bridgehead atoms. The van der Waals surface area contributed by atoms with Gasteiger partial charge in [-0.25, -0.2) is 0 Å². The molecule has 0 aliphatic heterocycles. The van der Waals surface area contributed by atoms with Gasteiger partial charge >= 0.3 is 5.97 Å². The number of aliphatic carboxylic acids is 1. The van der Waals surface area contributed by atoms with E-state index in [0.29, 0.717) is 0 Å². The molecule has 92 valence electrons. The zero-order valence-electron chi connectivity index (χ0n) is 10.1. The maximum absolute atomic E-state index is 10.8. The fourth-order valence-electron chi connectivity index (χ4n) is 2.89. The summed E-state index contributed by atoms with van der Waals surface area (Å²) in [6.07, 6.45) is 7.23. The third-order valence-corrected chi connectivity index (χ3v) is 4.40. The van der Waals surface area contributed by atoms with Crippen LogP contribution < -0.4 is 5.32 Å². The van der Waals surface area contributed by atoms with Gasteiger partial charge in [-0.2, -0.15) is 0 Å². The average Bonchev–Trinajstić information content (AvgIpc) is 2.18. The van der Waals surface area contributed by atoms with Crippen molar-refractivity contribution < 1.29 is 9.90 Å². The van der Waals surface area contributed by atoms with Gasteiger partial charge in [0.05, 0.1) is 5.92 Å². The summed E-state index contributed by atoms with van der Waals surface area (Å²) in [6, 6.07) is 0.247. The third kappa shape index (κ3) is 2.76. The molecule has 2 atom stereocenters. The highest BCUT2D eigenvalue weighted by molar-refractivity contribution is 5.72. The molecular weight excluding hydrogens is 202 g/mol. The highest BCUT2D eigenvalue weighted by Gasteiger charge is 2.36. The Morgan fingerprint density at radius 1 is 1.19 bits per heavy atom. The van der Waals surface area contributed by atoms with Crippen molar-refractivity contribution in [1.82, 2.24) is 5.32 Å². The zero-order valence-corrected chi connectivity index (χ0v) is 10.1. The van der Waals surface area contributed by atoms with E-state index in [2.05, 4.69) is 12.2 Å². The van der Waals surface area contributed by atoms with Gasteiger partial charge in [-0.1, -0.05) is 19.8 Å². The van der Waals surface area contributed by atoms with Crippen molar-refractivity contribution in [3.8, 4) is 0 Å². The monoisotopic (exact) mass is 225 g/mol. The van der Waals surface area contributed by atoms with E-state index in [1.54, 1.807) is 0 Å². The van der Waals surface area contributed by atoms with E-state index < -0.39 is 5.97 Å². The lowest BCUT2D eigenvalue weighted by Crippen LogP contribution is -2.49. The lowest BCUT2D eigenvalue weighted by molar-refractivity contribution is -0.146. The van der Waals surface area contributed by atoms with E-state index in [1.165, 1.54) is 25.7 Å². The number of hydrogen-bond donors (Lipinski definition) is 2. The molecule has 0 amide bonds. The van der Waals surface area contributed by atoms with E-state index in [4.69, 9.17) is 5.11 Å².